The van der Waals surface area contributed by atoms with Crippen molar-refractivity contribution >= 4 is 9.84 Å². The van der Waals surface area contributed by atoms with Crippen molar-refractivity contribution in [3.05, 3.63) is 0 Å². The molecular weight excluding hydrogens is 155 g/mol. The molecule has 0 radical (unpaired) electrons. The van der Waals surface area contributed by atoms with Crippen molar-refractivity contribution < 1.29 is 12.8 Å². The Morgan fingerprint density at radius 2 is 2.20 bits per heavy atom. The van der Waals surface area contributed by atoms with Crippen molar-refractivity contribution in [2.24, 2.45) is 0 Å². The van der Waals surface area contributed by atoms with Gasteiger partial charge in [-0.3, -0.25) is 0 Å². The summed E-state index contributed by atoms with van der Waals surface area (Å²) in [7, 11) is -3.40. The lowest BCUT2D eigenvalue weighted by Crippen LogP contribution is -2.27. The Hall–Kier alpha value is -0.120. The third-order valence-electron chi connectivity index (χ3n) is 2.05. The second-order valence-electron chi connectivity index (χ2n) is 2.66. The van der Waals surface area contributed by atoms with Crippen molar-refractivity contribution in [3.63, 3.8) is 0 Å². The maximum absolute atomic E-state index is 13.2. The van der Waals surface area contributed by atoms with Gasteiger partial charge in [0, 0.05) is 0 Å². The standard InChI is InChI=1S/C6H11FO2S/c1-2-6(7)4-3-5-10(6,8)9/h2-5H2,1H3. The zero-order valence-corrected chi connectivity index (χ0v) is 6.75. The van der Waals surface area contributed by atoms with E-state index in [1.165, 1.54) is 0 Å². The number of hydrogen-bond acceptors (Lipinski definition) is 2. The molecule has 4 heteroatoms. The van der Waals surface area contributed by atoms with E-state index >= 15 is 0 Å². The van der Waals surface area contributed by atoms with Gasteiger partial charge in [0.1, 0.15) is 0 Å². The zero-order valence-electron chi connectivity index (χ0n) is 5.93. The van der Waals surface area contributed by atoms with Crippen LogP contribution in [0.1, 0.15) is 26.2 Å². The van der Waals surface area contributed by atoms with E-state index in [2.05, 4.69) is 0 Å². The molecule has 1 atom stereocenters. The van der Waals surface area contributed by atoms with Gasteiger partial charge in [-0.15, -0.1) is 0 Å². The van der Waals surface area contributed by atoms with Gasteiger partial charge >= 0.3 is 0 Å². The maximum Gasteiger partial charge on any atom is 0.210 e. The van der Waals surface area contributed by atoms with E-state index in [4.69, 9.17) is 0 Å². The summed E-state index contributed by atoms with van der Waals surface area (Å²) in [4.78, 5) is 0. The number of alkyl halides is 1. The Morgan fingerprint density at radius 1 is 1.60 bits per heavy atom. The Bertz CT molecular complexity index is 222. The van der Waals surface area contributed by atoms with Crippen LogP contribution < -0.4 is 0 Å². The highest BCUT2D eigenvalue weighted by molar-refractivity contribution is 7.92. The van der Waals surface area contributed by atoms with Gasteiger partial charge in [-0.25, -0.2) is 12.8 Å². The zero-order chi connectivity index (χ0) is 7.83. The van der Waals surface area contributed by atoms with Crippen LogP contribution in [0.15, 0.2) is 0 Å². The first-order valence-corrected chi connectivity index (χ1v) is 5.08. The summed E-state index contributed by atoms with van der Waals surface area (Å²) in [6.07, 6.45) is 0.758. The van der Waals surface area contributed by atoms with E-state index in [-0.39, 0.29) is 18.6 Å². The van der Waals surface area contributed by atoms with E-state index in [1.54, 1.807) is 6.92 Å². The van der Waals surface area contributed by atoms with Gasteiger partial charge in [-0.2, -0.15) is 0 Å². The van der Waals surface area contributed by atoms with Crippen LogP contribution in [0.25, 0.3) is 0 Å². The van der Waals surface area contributed by atoms with Gasteiger partial charge in [0.05, 0.1) is 5.75 Å². The summed E-state index contributed by atoms with van der Waals surface area (Å²) in [5.41, 5.74) is 0. The molecule has 0 bridgehead atoms. The molecule has 0 aromatic rings. The van der Waals surface area contributed by atoms with Gasteiger partial charge in [0.25, 0.3) is 0 Å². The summed E-state index contributed by atoms with van der Waals surface area (Å²) >= 11 is 0. The van der Waals surface area contributed by atoms with Gasteiger partial charge in [-0.1, -0.05) is 6.92 Å². The molecule has 10 heavy (non-hydrogen) atoms. The molecule has 0 saturated carbocycles. The van der Waals surface area contributed by atoms with Crippen molar-refractivity contribution in [1.29, 1.82) is 0 Å². The lowest BCUT2D eigenvalue weighted by molar-refractivity contribution is 0.256. The van der Waals surface area contributed by atoms with Crippen molar-refractivity contribution in [2.75, 3.05) is 5.75 Å². The fourth-order valence-corrected chi connectivity index (χ4v) is 3.05. The van der Waals surface area contributed by atoms with Crippen molar-refractivity contribution in [3.8, 4) is 0 Å². The molecule has 0 aliphatic carbocycles. The highest BCUT2D eigenvalue weighted by atomic mass is 32.2. The number of hydrogen-bond donors (Lipinski definition) is 0. The first kappa shape index (κ1) is 7.98. The lowest BCUT2D eigenvalue weighted by Gasteiger charge is -2.14. The smallest absolute Gasteiger partial charge is 0.210 e. The molecule has 1 heterocycles. The van der Waals surface area contributed by atoms with E-state index in [1.807, 2.05) is 0 Å². The topological polar surface area (TPSA) is 34.1 Å². The molecule has 60 valence electrons. The summed E-state index contributed by atoms with van der Waals surface area (Å²) in [5, 5.41) is -1.90. The molecule has 0 aromatic carbocycles. The van der Waals surface area contributed by atoms with E-state index in [0.717, 1.165) is 0 Å². The molecular formula is C6H11FO2S. The molecule has 1 aliphatic rings. The largest absolute Gasteiger partial charge is 0.226 e. The third-order valence-corrected chi connectivity index (χ3v) is 4.48. The predicted octanol–water partition coefficient (Wildman–Crippen LogP) is 1.27. The Morgan fingerprint density at radius 3 is 2.40 bits per heavy atom. The molecule has 0 N–H and O–H groups in total. The van der Waals surface area contributed by atoms with Crippen LogP contribution in [0.3, 0.4) is 0 Å². The molecule has 0 aromatic heterocycles. The predicted molar refractivity (Wildman–Crippen MR) is 37.2 cm³/mol. The molecule has 1 unspecified atom stereocenters. The van der Waals surface area contributed by atoms with Crippen LogP contribution in [0.2, 0.25) is 0 Å². The Labute approximate surface area is 60.3 Å². The molecule has 1 saturated heterocycles. The second kappa shape index (κ2) is 2.19. The molecule has 1 aliphatic heterocycles. The first-order valence-electron chi connectivity index (χ1n) is 3.43. The summed E-state index contributed by atoms with van der Waals surface area (Å²) < 4.78 is 35.1. The van der Waals surface area contributed by atoms with Crippen LogP contribution >= 0.6 is 0 Å². The average Bonchev–Trinajstić information content (AvgIpc) is 2.10. The summed E-state index contributed by atoms with van der Waals surface area (Å²) in [6.45, 7) is 1.57. The second-order valence-corrected chi connectivity index (χ2v) is 5.03. The Balaban J connectivity index is 2.98. The fraction of sp³-hybridized carbons (Fsp3) is 1.00. The van der Waals surface area contributed by atoms with Crippen LogP contribution in [-0.4, -0.2) is 19.2 Å². The lowest BCUT2D eigenvalue weighted by atomic mass is 10.2. The van der Waals surface area contributed by atoms with Crippen LogP contribution in [0.4, 0.5) is 4.39 Å². The summed E-state index contributed by atoms with van der Waals surface area (Å²) in [6, 6.07) is 0. The number of sulfone groups is 1. The van der Waals surface area contributed by atoms with Crippen molar-refractivity contribution in [2.45, 2.75) is 31.2 Å². The number of rotatable bonds is 1. The minimum Gasteiger partial charge on any atom is -0.226 e. The van der Waals surface area contributed by atoms with Crippen LogP contribution in [-0.2, 0) is 9.84 Å². The fourth-order valence-electron chi connectivity index (χ4n) is 1.26. The van der Waals surface area contributed by atoms with Crippen LogP contribution in [0, 0.1) is 0 Å². The van der Waals surface area contributed by atoms with Gasteiger partial charge in [0.2, 0.25) is 5.00 Å². The molecule has 0 spiro atoms. The average molecular weight is 166 g/mol. The first-order chi connectivity index (χ1) is 4.52. The molecule has 0 amide bonds. The highest BCUT2D eigenvalue weighted by Gasteiger charge is 2.46. The maximum atomic E-state index is 13.2. The minimum atomic E-state index is -3.40. The van der Waals surface area contributed by atoms with Crippen molar-refractivity contribution in [1.82, 2.24) is 0 Å². The highest BCUT2D eigenvalue weighted by Crippen LogP contribution is 2.36. The van der Waals surface area contributed by atoms with Gasteiger partial charge in [0.15, 0.2) is 9.84 Å². The van der Waals surface area contributed by atoms with Gasteiger partial charge < -0.3 is 0 Å². The molecule has 1 rings (SSSR count). The quantitative estimate of drug-likeness (QED) is 0.588. The van der Waals surface area contributed by atoms with E-state index in [0.29, 0.717) is 6.42 Å². The Kier molecular flexibility index (Phi) is 1.75. The summed E-state index contributed by atoms with van der Waals surface area (Å²) in [5.74, 6) is 0.0251. The van der Waals surface area contributed by atoms with Crippen LogP contribution in [0.5, 0.6) is 0 Å². The normalized spacial score (nSPS) is 38.2. The van der Waals surface area contributed by atoms with Gasteiger partial charge in [-0.05, 0) is 19.3 Å². The molecule has 2 nitrogen and oxygen atoms in total. The minimum absolute atomic E-state index is 0.0251. The third kappa shape index (κ3) is 0.944. The van der Waals surface area contributed by atoms with E-state index < -0.39 is 14.8 Å². The van der Waals surface area contributed by atoms with E-state index in [9.17, 15) is 12.8 Å². The number of halogens is 1. The molecule has 1 fully saturated rings. The monoisotopic (exact) mass is 166 g/mol. The SMILES string of the molecule is CCC1(F)CCCS1(=O)=O.